The van der Waals surface area contributed by atoms with E-state index >= 15 is 0 Å². The van der Waals surface area contributed by atoms with E-state index in [9.17, 15) is 0 Å². The zero-order valence-corrected chi connectivity index (χ0v) is 17.7. The van der Waals surface area contributed by atoms with Crippen LogP contribution >= 0.6 is 0 Å². The summed E-state index contributed by atoms with van der Waals surface area (Å²) >= 11 is 0. The van der Waals surface area contributed by atoms with E-state index in [0.29, 0.717) is 25.0 Å². The third-order valence-corrected chi connectivity index (χ3v) is 6.78. The van der Waals surface area contributed by atoms with Crippen LogP contribution in [0.1, 0.15) is 84.5 Å². The van der Waals surface area contributed by atoms with Crippen molar-refractivity contribution in [3.05, 3.63) is 0 Å². The molecule has 2 heterocycles. The lowest BCUT2D eigenvalue weighted by atomic mass is 9.79. The molecule has 0 radical (unpaired) electrons. The van der Waals surface area contributed by atoms with Crippen molar-refractivity contribution in [1.29, 1.82) is 0 Å². The Bertz CT molecular complexity index is 378. The van der Waals surface area contributed by atoms with Crippen molar-refractivity contribution in [2.75, 3.05) is 26.4 Å². The van der Waals surface area contributed by atoms with Crippen LogP contribution in [0, 0.1) is 23.7 Å². The first-order valence-electron chi connectivity index (χ1n) is 11.8. The molecule has 3 rings (SSSR count). The SMILES string of the molecule is CCCCCC1CCC(C2OCC(C3OCC(CCCC)CO3)CO2)CC1. The predicted molar refractivity (Wildman–Crippen MR) is 107 cm³/mol. The van der Waals surface area contributed by atoms with Crippen molar-refractivity contribution in [3.63, 3.8) is 0 Å². The molecule has 0 amide bonds. The van der Waals surface area contributed by atoms with Crippen molar-refractivity contribution < 1.29 is 18.9 Å². The highest BCUT2D eigenvalue weighted by atomic mass is 16.7. The second-order valence-corrected chi connectivity index (χ2v) is 9.12. The molecule has 0 bridgehead atoms. The molecule has 3 aliphatic rings. The van der Waals surface area contributed by atoms with E-state index in [2.05, 4.69) is 13.8 Å². The fourth-order valence-corrected chi connectivity index (χ4v) is 4.88. The maximum Gasteiger partial charge on any atom is 0.164 e. The molecule has 0 aromatic heterocycles. The van der Waals surface area contributed by atoms with Gasteiger partial charge in [0, 0.05) is 11.8 Å². The van der Waals surface area contributed by atoms with Gasteiger partial charge in [0.05, 0.1) is 32.3 Å². The molecule has 0 unspecified atom stereocenters. The van der Waals surface area contributed by atoms with E-state index in [1.165, 1.54) is 70.6 Å². The van der Waals surface area contributed by atoms with Gasteiger partial charge in [0.25, 0.3) is 0 Å². The number of hydrogen-bond acceptors (Lipinski definition) is 4. The molecule has 4 heteroatoms. The van der Waals surface area contributed by atoms with Crippen LogP contribution in [0.5, 0.6) is 0 Å². The van der Waals surface area contributed by atoms with E-state index < -0.39 is 0 Å². The predicted octanol–water partition coefficient (Wildman–Crippen LogP) is 5.54. The van der Waals surface area contributed by atoms with Crippen LogP contribution in [-0.4, -0.2) is 39.0 Å². The molecule has 1 saturated carbocycles. The van der Waals surface area contributed by atoms with E-state index in [-0.39, 0.29) is 18.5 Å². The van der Waals surface area contributed by atoms with E-state index in [4.69, 9.17) is 18.9 Å². The van der Waals surface area contributed by atoms with Gasteiger partial charge in [-0.25, -0.2) is 0 Å². The lowest BCUT2D eigenvalue weighted by Gasteiger charge is -2.40. The van der Waals surface area contributed by atoms with Crippen molar-refractivity contribution >= 4 is 0 Å². The highest BCUT2D eigenvalue weighted by Crippen LogP contribution is 2.36. The van der Waals surface area contributed by atoms with Gasteiger partial charge in [-0.1, -0.05) is 52.4 Å². The van der Waals surface area contributed by atoms with Crippen LogP contribution in [0.25, 0.3) is 0 Å². The van der Waals surface area contributed by atoms with Gasteiger partial charge >= 0.3 is 0 Å². The summed E-state index contributed by atoms with van der Waals surface area (Å²) in [5, 5.41) is 0. The monoisotopic (exact) mass is 382 g/mol. The van der Waals surface area contributed by atoms with Gasteiger partial charge in [-0.15, -0.1) is 0 Å². The van der Waals surface area contributed by atoms with Crippen LogP contribution in [0.4, 0.5) is 0 Å². The van der Waals surface area contributed by atoms with Crippen LogP contribution < -0.4 is 0 Å². The molecule has 2 saturated heterocycles. The van der Waals surface area contributed by atoms with Crippen LogP contribution in [0.3, 0.4) is 0 Å². The standard InChI is InChI=1S/C23H42O4/c1-3-5-7-9-18-10-12-20(13-11-18)22-26-16-21(17-27-22)23-24-14-19(15-25-23)8-6-4-2/h18-23H,3-17H2,1-2H3. The van der Waals surface area contributed by atoms with Gasteiger partial charge in [0.2, 0.25) is 0 Å². The Morgan fingerprint density at radius 2 is 1.11 bits per heavy atom. The molecule has 4 nitrogen and oxygen atoms in total. The normalized spacial score (nSPS) is 38.0. The highest BCUT2D eigenvalue weighted by molar-refractivity contribution is 4.78. The van der Waals surface area contributed by atoms with Gasteiger partial charge in [0.1, 0.15) is 0 Å². The van der Waals surface area contributed by atoms with Gasteiger partial charge in [-0.05, 0) is 38.0 Å². The number of ether oxygens (including phenoxy) is 4. The van der Waals surface area contributed by atoms with Crippen LogP contribution in [0.15, 0.2) is 0 Å². The van der Waals surface area contributed by atoms with Crippen molar-refractivity contribution in [3.8, 4) is 0 Å². The lowest BCUT2D eigenvalue weighted by molar-refractivity contribution is -0.291. The fourth-order valence-electron chi connectivity index (χ4n) is 4.88. The summed E-state index contributed by atoms with van der Waals surface area (Å²) in [7, 11) is 0. The fraction of sp³-hybridized carbons (Fsp3) is 1.00. The second kappa shape index (κ2) is 11.7. The summed E-state index contributed by atoms with van der Waals surface area (Å²) in [5.74, 6) is 2.31. The Balaban J connectivity index is 1.31. The molecule has 0 N–H and O–H groups in total. The largest absolute Gasteiger partial charge is 0.352 e. The summed E-state index contributed by atoms with van der Waals surface area (Å²) in [5.41, 5.74) is 0. The van der Waals surface area contributed by atoms with Gasteiger partial charge in [-0.3, -0.25) is 0 Å². The molecular formula is C23H42O4. The quantitative estimate of drug-likeness (QED) is 0.491. The van der Waals surface area contributed by atoms with E-state index in [1.807, 2.05) is 0 Å². The maximum absolute atomic E-state index is 6.13. The minimum Gasteiger partial charge on any atom is -0.352 e. The summed E-state index contributed by atoms with van der Waals surface area (Å²) in [6.45, 7) is 7.60. The number of unbranched alkanes of at least 4 members (excludes halogenated alkanes) is 3. The Kier molecular flexibility index (Phi) is 9.37. The molecule has 3 fully saturated rings. The zero-order valence-electron chi connectivity index (χ0n) is 17.7. The molecule has 27 heavy (non-hydrogen) atoms. The molecule has 0 spiro atoms. The molecule has 158 valence electrons. The van der Waals surface area contributed by atoms with Gasteiger partial charge < -0.3 is 18.9 Å². The van der Waals surface area contributed by atoms with Crippen molar-refractivity contribution in [1.82, 2.24) is 0 Å². The first-order valence-corrected chi connectivity index (χ1v) is 11.8. The Labute approximate surface area is 166 Å². The first-order chi connectivity index (χ1) is 13.3. The smallest absolute Gasteiger partial charge is 0.164 e. The number of rotatable bonds is 9. The van der Waals surface area contributed by atoms with Crippen LogP contribution in [-0.2, 0) is 18.9 Å². The van der Waals surface area contributed by atoms with Crippen molar-refractivity contribution in [2.45, 2.75) is 97.1 Å². The third kappa shape index (κ3) is 6.69. The molecule has 0 aromatic rings. The van der Waals surface area contributed by atoms with E-state index in [1.54, 1.807) is 0 Å². The molecule has 0 aromatic carbocycles. The van der Waals surface area contributed by atoms with Gasteiger partial charge in [0.15, 0.2) is 12.6 Å². The summed E-state index contributed by atoms with van der Waals surface area (Å²) in [6.07, 6.45) is 14.4. The average Bonchev–Trinajstić information content (AvgIpc) is 2.73. The zero-order chi connectivity index (χ0) is 18.9. The highest BCUT2D eigenvalue weighted by Gasteiger charge is 2.37. The Hall–Kier alpha value is -0.160. The summed E-state index contributed by atoms with van der Waals surface area (Å²) < 4.78 is 24.2. The first kappa shape index (κ1) is 21.5. The Morgan fingerprint density at radius 1 is 0.556 bits per heavy atom. The summed E-state index contributed by atoms with van der Waals surface area (Å²) in [6, 6.07) is 0. The average molecular weight is 383 g/mol. The minimum atomic E-state index is -0.141. The second-order valence-electron chi connectivity index (χ2n) is 9.12. The molecular weight excluding hydrogens is 340 g/mol. The molecule has 0 atom stereocenters. The van der Waals surface area contributed by atoms with E-state index in [0.717, 1.165) is 19.1 Å². The minimum absolute atomic E-state index is 0.00117. The lowest BCUT2D eigenvalue weighted by Crippen LogP contribution is -2.46. The maximum atomic E-state index is 6.13. The van der Waals surface area contributed by atoms with Gasteiger partial charge in [-0.2, -0.15) is 0 Å². The topological polar surface area (TPSA) is 36.9 Å². The Morgan fingerprint density at radius 3 is 1.74 bits per heavy atom. The van der Waals surface area contributed by atoms with Crippen LogP contribution in [0.2, 0.25) is 0 Å². The third-order valence-electron chi connectivity index (χ3n) is 6.78. The molecule has 1 aliphatic carbocycles. The molecule has 2 aliphatic heterocycles. The summed E-state index contributed by atoms with van der Waals surface area (Å²) in [4.78, 5) is 0. The number of hydrogen-bond donors (Lipinski definition) is 0. The van der Waals surface area contributed by atoms with Crippen molar-refractivity contribution in [2.24, 2.45) is 23.7 Å².